The summed E-state index contributed by atoms with van der Waals surface area (Å²) in [5, 5.41) is 15.8. The number of hydrogen-bond acceptors (Lipinski definition) is 4. The fraction of sp³-hybridized carbons (Fsp3) is 0.571. The van der Waals surface area contributed by atoms with Gasteiger partial charge in [0.2, 0.25) is 5.91 Å². The molecule has 1 aliphatic carbocycles. The average molecular weight is 296 g/mol. The van der Waals surface area contributed by atoms with Crippen molar-refractivity contribution in [2.45, 2.75) is 38.3 Å². The molecule has 20 heavy (non-hydrogen) atoms. The minimum atomic E-state index is -0.795. The number of carbonyl (C=O) groups excluding carboxylic acids is 1. The lowest BCUT2D eigenvalue weighted by Gasteiger charge is -2.42. The van der Waals surface area contributed by atoms with Crippen molar-refractivity contribution >= 4 is 23.2 Å². The molecule has 0 atom stereocenters. The van der Waals surface area contributed by atoms with Gasteiger partial charge >= 0.3 is 5.97 Å². The highest BCUT2D eigenvalue weighted by Crippen LogP contribution is 2.25. The lowest BCUT2D eigenvalue weighted by Crippen LogP contribution is -2.55. The summed E-state index contributed by atoms with van der Waals surface area (Å²) in [5.41, 5.74) is 1.05. The molecule has 2 N–H and O–H groups in total. The quantitative estimate of drug-likeness (QED) is 0.797. The highest BCUT2D eigenvalue weighted by Gasteiger charge is 2.34. The van der Waals surface area contributed by atoms with Gasteiger partial charge in [-0.15, -0.1) is 0 Å². The molecule has 1 fully saturated rings. The molecule has 0 unspecified atom stereocenters. The van der Waals surface area contributed by atoms with Crippen LogP contribution in [0.1, 0.15) is 25.3 Å². The predicted molar refractivity (Wildman–Crippen MR) is 77.9 cm³/mol. The third kappa shape index (κ3) is 4.05. The molecule has 1 saturated carbocycles. The van der Waals surface area contributed by atoms with Gasteiger partial charge in [-0.05, 0) is 41.8 Å². The highest BCUT2D eigenvalue weighted by molar-refractivity contribution is 7.07. The van der Waals surface area contributed by atoms with E-state index in [-0.39, 0.29) is 24.5 Å². The van der Waals surface area contributed by atoms with E-state index in [1.807, 2.05) is 28.7 Å². The number of carbonyl (C=O) groups is 2. The number of likely N-dealkylation sites (N-methyl/N-ethyl adjacent to an activating group) is 1. The van der Waals surface area contributed by atoms with Crippen molar-refractivity contribution in [3.8, 4) is 0 Å². The number of rotatable bonds is 7. The van der Waals surface area contributed by atoms with Crippen LogP contribution < -0.4 is 5.32 Å². The maximum atomic E-state index is 11.8. The van der Waals surface area contributed by atoms with Gasteiger partial charge in [0, 0.05) is 12.1 Å². The van der Waals surface area contributed by atoms with Crippen molar-refractivity contribution in [2.24, 2.45) is 0 Å². The summed E-state index contributed by atoms with van der Waals surface area (Å²) in [7, 11) is 0. The van der Waals surface area contributed by atoms with Crippen LogP contribution in [0.2, 0.25) is 0 Å². The molecule has 0 radical (unpaired) electrons. The number of hydrogen-bond donors (Lipinski definition) is 2. The maximum absolute atomic E-state index is 11.8. The number of carboxylic acid groups (broad SMARTS) is 1. The first kappa shape index (κ1) is 15.0. The van der Waals surface area contributed by atoms with Crippen LogP contribution in [-0.2, 0) is 16.0 Å². The second kappa shape index (κ2) is 6.85. The molecule has 1 aromatic rings. The molecule has 2 rings (SSSR count). The van der Waals surface area contributed by atoms with E-state index in [1.165, 1.54) is 0 Å². The Kier molecular flexibility index (Phi) is 5.14. The van der Waals surface area contributed by atoms with Gasteiger partial charge in [-0.2, -0.15) is 11.3 Å². The first-order chi connectivity index (χ1) is 9.58. The van der Waals surface area contributed by atoms with Gasteiger partial charge in [0.1, 0.15) is 0 Å². The SMILES string of the molecule is CCN(CC(=O)O)C1CC(NC(=O)Cc2ccsc2)C1. The van der Waals surface area contributed by atoms with Crippen molar-refractivity contribution in [3.63, 3.8) is 0 Å². The zero-order chi connectivity index (χ0) is 14.5. The van der Waals surface area contributed by atoms with E-state index in [0.29, 0.717) is 6.42 Å². The minimum Gasteiger partial charge on any atom is -0.480 e. The molecular formula is C14H20N2O3S. The zero-order valence-electron chi connectivity index (χ0n) is 11.5. The molecule has 0 aliphatic heterocycles. The van der Waals surface area contributed by atoms with E-state index >= 15 is 0 Å². The predicted octanol–water partition coefficient (Wildman–Crippen LogP) is 1.34. The summed E-state index contributed by atoms with van der Waals surface area (Å²) < 4.78 is 0. The van der Waals surface area contributed by atoms with Crippen molar-refractivity contribution in [1.82, 2.24) is 10.2 Å². The lowest BCUT2D eigenvalue weighted by molar-refractivity contribution is -0.139. The number of thiophene rings is 1. The summed E-state index contributed by atoms with van der Waals surface area (Å²) >= 11 is 1.59. The molecule has 5 nitrogen and oxygen atoms in total. The molecule has 1 aromatic heterocycles. The van der Waals surface area contributed by atoms with Gasteiger partial charge in [-0.3, -0.25) is 14.5 Å². The third-order valence-electron chi connectivity index (χ3n) is 3.68. The number of nitrogens with one attached hydrogen (secondary N) is 1. The number of aliphatic carboxylic acids is 1. The van der Waals surface area contributed by atoms with E-state index in [9.17, 15) is 9.59 Å². The maximum Gasteiger partial charge on any atom is 0.317 e. The molecule has 0 spiro atoms. The summed E-state index contributed by atoms with van der Waals surface area (Å²) in [6.45, 7) is 2.77. The zero-order valence-corrected chi connectivity index (χ0v) is 12.4. The lowest BCUT2D eigenvalue weighted by atomic mass is 9.85. The van der Waals surface area contributed by atoms with Gasteiger partial charge in [-0.1, -0.05) is 6.92 Å². The third-order valence-corrected chi connectivity index (χ3v) is 4.42. The van der Waals surface area contributed by atoms with E-state index in [2.05, 4.69) is 5.32 Å². The number of nitrogens with zero attached hydrogens (tertiary/aromatic N) is 1. The van der Waals surface area contributed by atoms with Crippen LogP contribution in [0.25, 0.3) is 0 Å². The molecule has 0 aromatic carbocycles. The summed E-state index contributed by atoms with van der Waals surface area (Å²) in [6.07, 6.45) is 2.12. The van der Waals surface area contributed by atoms with Crippen LogP contribution in [0.15, 0.2) is 16.8 Å². The Balaban J connectivity index is 1.70. The smallest absolute Gasteiger partial charge is 0.317 e. The largest absolute Gasteiger partial charge is 0.480 e. The van der Waals surface area contributed by atoms with E-state index < -0.39 is 5.97 Å². The van der Waals surface area contributed by atoms with Crippen molar-refractivity contribution < 1.29 is 14.7 Å². The van der Waals surface area contributed by atoms with Gasteiger partial charge in [-0.25, -0.2) is 0 Å². The fourth-order valence-corrected chi connectivity index (χ4v) is 3.20. The molecule has 110 valence electrons. The number of amides is 1. The van der Waals surface area contributed by atoms with E-state index in [0.717, 1.165) is 24.9 Å². The normalized spacial score (nSPS) is 21.5. The second-order valence-corrected chi connectivity index (χ2v) is 5.93. The second-order valence-electron chi connectivity index (χ2n) is 5.15. The fourth-order valence-electron chi connectivity index (χ4n) is 2.53. The van der Waals surface area contributed by atoms with Crippen LogP contribution in [0, 0.1) is 0 Å². The van der Waals surface area contributed by atoms with Gasteiger partial charge in [0.15, 0.2) is 0 Å². The Morgan fingerprint density at radius 1 is 1.50 bits per heavy atom. The summed E-state index contributed by atoms with van der Waals surface area (Å²) in [5.74, 6) is -0.745. The Morgan fingerprint density at radius 3 is 2.80 bits per heavy atom. The molecule has 1 aliphatic rings. The summed E-state index contributed by atoms with van der Waals surface area (Å²) in [4.78, 5) is 24.5. The topological polar surface area (TPSA) is 69.6 Å². The van der Waals surface area contributed by atoms with Crippen LogP contribution in [-0.4, -0.2) is 47.1 Å². The Labute approximate surface area is 122 Å². The molecule has 1 amide bonds. The standard InChI is InChI=1S/C14H20N2O3S/c1-2-16(8-14(18)19)12-6-11(7-12)15-13(17)5-10-3-4-20-9-10/h3-4,9,11-12H,2,5-8H2,1H3,(H,15,17)(H,18,19). The molecular weight excluding hydrogens is 276 g/mol. The molecule has 6 heteroatoms. The molecule has 0 bridgehead atoms. The molecule has 0 saturated heterocycles. The Morgan fingerprint density at radius 2 is 2.25 bits per heavy atom. The summed E-state index contributed by atoms with van der Waals surface area (Å²) in [6, 6.07) is 2.43. The van der Waals surface area contributed by atoms with E-state index in [4.69, 9.17) is 5.11 Å². The van der Waals surface area contributed by atoms with Crippen molar-refractivity contribution in [3.05, 3.63) is 22.4 Å². The molecule has 1 heterocycles. The number of carboxylic acids is 1. The van der Waals surface area contributed by atoms with Crippen molar-refractivity contribution in [2.75, 3.05) is 13.1 Å². The Hall–Kier alpha value is -1.40. The van der Waals surface area contributed by atoms with Gasteiger partial charge in [0.25, 0.3) is 0 Å². The highest BCUT2D eigenvalue weighted by atomic mass is 32.1. The first-order valence-electron chi connectivity index (χ1n) is 6.84. The van der Waals surface area contributed by atoms with Crippen LogP contribution >= 0.6 is 11.3 Å². The Bertz CT molecular complexity index is 455. The first-order valence-corrected chi connectivity index (χ1v) is 7.79. The van der Waals surface area contributed by atoms with Crippen molar-refractivity contribution in [1.29, 1.82) is 0 Å². The average Bonchev–Trinajstić information content (AvgIpc) is 2.83. The van der Waals surface area contributed by atoms with Crippen LogP contribution in [0.4, 0.5) is 0 Å². The monoisotopic (exact) mass is 296 g/mol. The van der Waals surface area contributed by atoms with Gasteiger partial charge < -0.3 is 10.4 Å². The van der Waals surface area contributed by atoms with Crippen LogP contribution in [0.5, 0.6) is 0 Å². The van der Waals surface area contributed by atoms with Gasteiger partial charge in [0.05, 0.1) is 13.0 Å². The minimum absolute atomic E-state index is 0.0492. The van der Waals surface area contributed by atoms with Crippen LogP contribution in [0.3, 0.4) is 0 Å². The van der Waals surface area contributed by atoms with E-state index in [1.54, 1.807) is 11.3 Å².